The minimum Gasteiger partial charge on any atom is -0.456 e. The maximum Gasteiger partial charge on any atom is 0.136 e. The second-order valence-electron chi connectivity index (χ2n) is 12.5. The predicted octanol–water partition coefficient (Wildman–Crippen LogP) is 13.1. The Bertz CT molecular complexity index is 2680. The second-order valence-corrected chi connectivity index (χ2v) is 12.5. The van der Waals surface area contributed by atoms with Crippen LogP contribution in [0, 0.1) is 0 Å². The second kappa shape index (κ2) is 10.2. The van der Waals surface area contributed by atoms with E-state index >= 15 is 0 Å². The molecule has 0 N–H and O–H groups in total. The van der Waals surface area contributed by atoms with E-state index in [9.17, 15) is 0 Å². The normalized spacial score (nSPS) is 12.0. The zero-order chi connectivity index (χ0) is 30.9. The lowest BCUT2D eigenvalue weighted by Gasteiger charge is -2.23. The van der Waals surface area contributed by atoms with Crippen LogP contribution in [-0.4, -0.2) is 0 Å². The van der Waals surface area contributed by atoms with Crippen molar-refractivity contribution in [1.82, 2.24) is 0 Å². The largest absolute Gasteiger partial charge is 0.456 e. The fourth-order valence-corrected chi connectivity index (χ4v) is 7.58. The molecule has 1 heterocycles. The van der Waals surface area contributed by atoms with Gasteiger partial charge < -0.3 is 4.74 Å². The van der Waals surface area contributed by atoms with E-state index in [-0.39, 0.29) is 0 Å². The lowest BCUT2D eigenvalue weighted by Crippen LogP contribution is -1.98. The average Bonchev–Trinajstić information content (AvgIpc) is 3.14. The number of ether oxygens (including phenoxy) is 1. The molecular formula is C46H28O. The summed E-state index contributed by atoms with van der Waals surface area (Å²) in [4.78, 5) is 0. The van der Waals surface area contributed by atoms with Gasteiger partial charge in [-0.25, -0.2) is 0 Å². The van der Waals surface area contributed by atoms with Crippen LogP contribution in [0.4, 0.5) is 0 Å². The highest BCUT2D eigenvalue weighted by Crippen LogP contribution is 2.49. The van der Waals surface area contributed by atoms with Crippen molar-refractivity contribution in [1.29, 1.82) is 0 Å². The highest BCUT2D eigenvalue weighted by atomic mass is 16.5. The van der Waals surface area contributed by atoms with Crippen LogP contribution in [0.5, 0.6) is 11.5 Å². The number of hydrogen-bond donors (Lipinski definition) is 0. The Morgan fingerprint density at radius 1 is 0.298 bits per heavy atom. The molecule has 1 aliphatic heterocycles. The first kappa shape index (κ1) is 26.1. The summed E-state index contributed by atoms with van der Waals surface area (Å²) in [6.45, 7) is 0. The van der Waals surface area contributed by atoms with Gasteiger partial charge in [0.1, 0.15) is 11.5 Å². The molecule has 9 aromatic rings. The van der Waals surface area contributed by atoms with Crippen molar-refractivity contribution >= 4 is 43.1 Å². The topological polar surface area (TPSA) is 9.23 Å². The molecular weight excluding hydrogens is 569 g/mol. The standard InChI is InChI=1S/C46H28O/c1-2-9-29(10-3-1)33-22-24-43-42(26-33)39-16-8-13-35-25-36(28-44(47-43)46(35)39)30-17-19-32(20-18-30)45-38-15-7-5-12-34(38)27-41-37-14-6-4-11-31(37)21-23-40(41)45/h1-28H. The zero-order valence-electron chi connectivity index (χ0n) is 25.6. The maximum atomic E-state index is 6.63. The molecule has 47 heavy (non-hydrogen) atoms. The van der Waals surface area contributed by atoms with Crippen LogP contribution >= 0.6 is 0 Å². The molecule has 0 bridgehead atoms. The van der Waals surface area contributed by atoms with Crippen LogP contribution in [0.2, 0.25) is 0 Å². The van der Waals surface area contributed by atoms with E-state index in [0.717, 1.165) is 22.6 Å². The van der Waals surface area contributed by atoms with Crippen molar-refractivity contribution in [2.45, 2.75) is 0 Å². The summed E-state index contributed by atoms with van der Waals surface area (Å²) >= 11 is 0. The van der Waals surface area contributed by atoms with Crippen molar-refractivity contribution in [2.75, 3.05) is 0 Å². The minimum absolute atomic E-state index is 0.896. The maximum absolute atomic E-state index is 6.63. The molecule has 1 heteroatoms. The molecule has 218 valence electrons. The summed E-state index contributed by atoms with van der Waals surface area (Å²) in [6.07, 6.45) is 0. The van der Waals surface area contributed by atoms with Crippen LogP contribution in [0.3, 0.4) is 0 Å². The Kier molecular flexibility index (Phi) is 5.64. The number of rotatable bonds is 3. The summed E-state index contributed by atoms with van der Waals surface area (Å²) in [5, 5.41) is 10.00. The van der Waals surface area contributed by atoms with E-state index in [4.69, 9.17) is 4.74 Å². The van der Waals surface area contributed by atoms with Crippen LogP contribution in [0.15, 0.2) is 170 Å². The average molecular weight is 597 g/mol. The molecule has 0 radical (unpaired) electrons. The van der Waals surface area contributed by atoms with E-state index in [1.807, 2.05) is 0 Å². The smallest absolute Gasteiger partial charge is 0.136 e. The molecule has 0 unspecified atom stereocenters. The lowest BCUT2D eigenvalue weighted by atomic mass is 9.88. The van der Waals surface area contributed by atoms with Crippen molar-refractivity contribution in [3.63, 3.8) is 0 Å². The van der Waals surface area contributed by atoms with Gasteiger partial charge in [-0.05, 0) is 107 Å². The Labute approximate surface area is 272 Å². The van der Waals surface area contributed by atoms with E-state index in [1.54, 1.807) is 0 Å². The van der Waals surface area contributed by atoms with Crippen LogP contribution in [0.25, 0.3) is 87.6 Å². The summed E-state index contributed by atoms with van der Waals surface area (Å²) in [6, 6.07) is 61.5. The number of fused-ring (bicyclic) bond motifs is 6. The Morgan fingerprint density at radius 2 is 1.00 bits per heavy atom. The quantitative estimate of drug-likeness (QED) is 0.146. The van der Waals surface area contributed by atoms with E-state index < -0.39 is 0 Å². The zero-order valence-corrected chi connectivity index (χ0v) is 25.6. The molecule has 0 saturated heterocycles. The Morgan fingerprint density at radius 3 is 1.87 bits per heavy atom. The minimum atomic E-state index is 0.896. The molecule has 0 spiro atoms. The predicted molar refractivity (Wildman–Crippen MR) is 198 cm³/mol. The first-order chi connectivity index (χ1) is 23.3. The van der Waals surface area contributed by atoms with E-state index in [1.165, 1.54) is 76.5 Å². The van der Waals surface area contributed by atoms with Gasteiger partial charge in [-0.3, -0.25) is 0 Å². The molecule has 0 fully saturated rings. The first-order valence-electron chi connectivity index (χ1n) is 16.2. The van der Waals surface area contributed by atoms with Crippen molar-refractivity contribution in [3.8, 4) is 56.0 Å². The monoisotopic (exact) mass is 596 g/mol. The molecule has 0 amide bonds. The van der Waals surface area contributed by atoms with Crippen LogP contribution in [0.1, 0.15) is 0 Å². The molecule has 0 saturated carbocycles. The van der Waals surface area contributed by atoms with Gasteiger partial charge in [-0.1, -0.05) is 140 Å². The van der Waals surface area contributed by atoms with Crippen LogP contribution in [-0.2, 0) is 0 Å². The Hall–Kier alpha value is -6.18. The summed E-state index contributed by atoms with van der Waals surface area (Å²) < 4.78 is 6.63. The SMILES string of the molecule is c1ccc(-c2ccc3c(c2)-c2cccc4cc(-c5ccc(-c6c7ccccc7cc7c6ccc6ccccc67)cc5)cc(c24)O3)cc1. The summed E-state index contributed by atoms with van der Waals surface area (Å²) in [5.74, 6) is 1.80. The molecule has 1 nitrogen and oxygen atoms in total. The van der Waals surface area contributed by atoms with Crippen molar-refractivity contribution in [2.24, 2.45) is 0 Å². The van der Waals surface area contributed by atoms with Gasteiger partial charge >= 0.3 is 0 Å². The molecule has 9 aromatic carbocycles. The lowest BCUT2D eigenvalue weighted by molar-refractivity contribution is 0.487. The van der Waals surface area contributed by atoms with Gasteiger partial charge in [0.2, 0.25) is 0 Å². The third kappa shape index (κ3) is 4.10. The molecule has 1 aliphatic rings. The highest BCUT2D eigenvalue weighted by molar-refractivity contribution is 6.20. The van der Waals surface area contributed by atoms with Gasteiger partial charge in [0.05, 0.1) is 0 Å². The van der Waals surface area contributed by atoms with Gasteiger partial charge in [-0.15, -0.1) is 0 Å². The third-order valence-electron chi connectivity index (χ3n) is 9.81. The van der Waals surface area contributed by atoms with Crippen molar-refractivity contribution in [3.05, 3.63) is 170 Å². The van der Waals surface area contributed by atoms with E-state index in [2.05, 4.69) is 170 Å². The van der Waals surface area contributed by atoms with Gasteiger partial charge in [-0.2, -0.15) is 0 Å². The van der Waals surface area contributed by atoms with E-state index in [0.29, 0.717) is 0 Å². The molecule has 0 atom stereocenters. The van der Waals surface area contributed by atoms with Crippen LogP contribution < -0.4 is 4.74 Å². The fraction of sp³-hybridized carbons (Fsp3) is 0. The number of benzene rings is 9. The molecule has 10 rings (SSSR count). The molecule has 0 aromatic heterocycles. The summed E-state index contributed by atoms with van der Waals surface area (Å²) in [5.41, 5.74) is 9.56. The van der Waals surface area contributed by atoms with Gasteiger partial charge in [0, 0.05) is 10.9 Å². The van der Waals surface area contributed by atoms with Crippen molar-refractivity contribution < 1.29 is 4.74 Å². The number of hydrogen-bond acceptors (Lipinski definition) is 1. The van der Waals surface area contributed by atoms with Gasteiger partial charge in [0.15, 0.2) is 0 Å². The Balaban J connectivity index is 1.09. The third-order valence-corrected chi connectivity index (χ3v) is 9.81. The first-order valence-corrected chi connectivity index (χ1v) is 16.2. The van der Waals surface area contributed by atoms with Gasteiger partial charge in [0.25, 0.3) is 0 Å². The highest BCUT2D eigenvalue weighted by Gasteiger charge is 2.22. The molecule has 0 aliphatic carbocycles. The summed E-state index contributed by atoms with van der Waals surface area (Å²) in [7, 11) is 0. The fourth-order valence-electron chi connectivity index (χ4n) is 7.58.